The molecule has 0 radical (unpaired) electrons. The van der Waals surface area contributed by atoms with Crippen molar-refractivity contribution < 1.29 is 34.1 Å². The number of hydrogen-bond donors (Lipinski definition) is 2. The van der Waals surface area contributed by atoms with Crippen molar-refractivity contribution in [2.75, 3.05) is 6.61 Å². The summed E-state index contributed by atoms with van der Waals surface area (Å²) in [6, 6.07) is 9.01. The van der Waals surface area contributed by atoms with Crippen molar-refractivity contribution in [2.24, 2.45) is 22.7 Å². The average Bonchev–Trinajstić information content (AvgIpc) is 2.83. The van der Waals surface area contributed by atoms with Crippen LogP contribution in [0.15, 0.2) is 41.5 Å². The summed E-state index contributed by atoms with van der Waals surface area (Å²) in [4.78, 5) is 40.5. The van der Waals surface area contributed by atoms with Crippen LogP contribution < -0.4 is 0 Å². The van der Waals surface area contributed by atoms with Gasteiger partial charge in [-0.3, -0.25) is 9.59 Å². The lowest BCUT2D eigenvalue weighted by Gasteiger charge is -2.65. The number of ether oxygens (including phenoxy) is 2. The van der Waals surface area contributed by atoms with Crippen LogP contribution >= 0.6 is 0 Å². The Balaban J connectivity index is 1.74. The highest BCUT2D eigenvalue weighted by molar-refractivity contribution is 6.78. The van der Waals surface area contributed by atoms with E-state index in [0.29, 0.717) is 30.6 Å². The van der Waals surface area contributed by atoms with Gasteiger partial charge in [-0.2, -0.15) is 0 Å². The molecule has 2 bridgehead atoms. The van der Waals surface area contributed by atoms with Gasteiger partial charge >= 0.3 is 5.97 Å². The first-order chi connectivity index (χ1) is 17.3. The molecule has 1 saturated heterocycles. The standard InChI is InChI=1S/C29H37BO7/c1-15-11-12-29(35)24(30-26(34)17-9-7-6-8-10-17)22-18-14-36-19(18)13-20(32)28(22,5)25(33)23(37-16(2)31)21(15)27(29,3)4/h6-10,18-20,22-24,30,32,35H,11-14H2,1-5H3/t18?,19?,20?,22?,23?,24-,28?,29?/m0/s1. The van der Waals surface area contributed by atoms with E-state index in [4.69, 9.17) is 9.47 Å². The molecule has 3 aliphatic carbocycles. The zero-order chi connectivity index (χ0) is 26.9. The number of rotatable bonds is 4. The van der Waals surface area contributed by atoms with Gasteiger partial charge in [0.1, 0.15) is 5.68 Å². The maximum absolute atomic E-state index is 14.5. The lowest BCUT2D eigenvalue weighted by atomic mass is 9.35. The highest BCUT2D eigenvalue weighted by atomic mass is 16.5. The second kappa shape index (κ2) is 8.89. The number of fused-ring (bicyclic) bond motifs is 5. The van der Waals surface area contributed by atoms with Gasteiger partial charge in [-0.25, -0.2) is 0 Å². The van der Waals surface area contributed by atoms with Gasteiger partial charge in [0.2, 0.25) is 7.28 Å². The number of Topliss-reactive ketones (excluding diaryl/α,β-unsaturated/α-hetero) is 1. The Labute approximate surface area is 218 Å². The highest BCUT2D eigenvalue weighted by Gasteiger charge is 2.70. The lowest BCUT2D eigenvalue weighted by molar-refractivity contribution is -0.242. The summed E-state index contributed by atoms with van der Waals surface area (Å²) < 4.78 is 11.5. The molecule has 3 fully saturated rings. The molecule has 198 valence electrons. The summed E-state index contributed by atoms with van der Waals surface area (Å²) in [5.74, 6) is -2.18. The van der Waals surface area contributed by atoms with Gasteiger partial charge in [-0.1, -0.05) is 49.8 Å². The van der Waals surface area contributed by atoms with Crippen molar-refractivity contribution in [1.29, 1.82) is 0 Å². The van der Waals surface area contributed by atoms with Gasteiger partial charge in [0.05, 0.1) is 29.8 Å². The quantitative estimate of drug-likeness (QED) is 0.366. The molecular formula is C29H37BO7. The topological polar surface area (TPSA) is 110 Å². The maximum atomic E-state index is 14.5. The molecule has 1 aromatic carbocycles. The number of hydrogen-bond acceptors (Lipinski definition) is 7. The molecule has 0 spiro atoms. The van der Waals surface area contributed by atoms with Gasteiger partial charge in [0, 0.05) is 30.2 Å². The molecule has 7 nitrogen and oxygen atoms in total. The average molecular weight is 508 g/mol. The number of esters is 1. The molecule has 2 N–H and O–H groups in total. The Morgan fingerprint density at radius 2 is 1.84 bits per heavy atom. The van der Waals surface area contributed by atoms with Crippen LogP contribution in [-0.4, -0.2) is 65.4 Å². The molecule has 1 heterocycles. The number of carbonyl (C=O) groups excluding carboxylic acids is 3. The van der Waals surface area contributed by atoms with Crippen LogP contribution in [-0.2, 0) is 19.1 Å². The summed E-state index contributed by atoms with van der Waals surface area (Å²) >= 11 is 0. The van der Waals surface area contributed by atoms with Gasteiger partial charge < -0.3 is 24.5 Å². The second-order valence-electron chi connectivity index (χ2n) is 12.3. The fraction of sp³-hybridized carbons (Fsp3) is 0.621. The van der Waals surface area contributed by atoms with Crippen LogP contribution in [0.1, 0.15) is 64.2 Å². The van der Waals surface area contributed by atoms with Crippen molar-refractivity contribution in [3.8, 4) is 0 Å². The molecule has 8 atom stereocenters. The Morgan fingerprint density at radius 3 is 2.43 bits per heavy atom. The predicted molar refractivity (Wildman–Crippen MR) is 138 cm³/mol. The van der Waals surface area contributed by atoms with E-state index in [-0.39, 0.29) is 37.2 Å². The summed E-state index contributed by atoms with van der Waals surface area (Å²) in [6.45, 7) is 9.12. The fourth-order valence-electron chi connectivity index (χ4n) is 8.12. The first-order valence-electron chi connectivity index (χ1n) is 13.4. The molecule has 0 amide bonds. The van der Waals surface area contributed by atoms with E-state index < -0.39 is 46.3 Å². The second-order valence-corrected chi connectivity index (χ2v) is 12.3. The molecule has 1 aromatic rings. The first-order valence-corrected chi connectivity index (χ1v) is 13.4. The van der Waals surface area contributed by atoms with Gasteiger partial charge in [-0.05, 0) is 44.0 Å². The third kappa shape index (κ3) is 3.70. The third-order valence-corrected chi connectivity index (χ3v) is 10.2. The minimum atomic E-state index is -1.38. The number of benzene rings is 1. The van der Waals surface area contributed by atoms with Crippen molar-refractivity contribution in [2.45, 2.75) is 83.6 Å². The van der Waals surface area contributed by atoms with E-state index in [9.17, 15) is 24.6 Å². The first kappa shape index (κ1) is 26.3. The molecule has 37 heavy (non-hydrogen) atoms. The smallest absolute Gasteiger partial charge is 0.303 e. The number of ketones is 1. The lowest BCUT2D eigenvalue weighted by Crippen LogP contribution is -2.71. The van der Waals surface area contributed by atoms with Crippen LogP contribution in [0.4, 0.5) is 0 Å². The highest BCUT2D eigenvalue weighted by Crippen LogP contribution is 2.65. The van der Waals surface area contributed by atoms with Crippen LogP contribution in [0.3, 0.4) is 0 Å². The normalized spacial score (nSPS) is 40.4. The molecule has 2 saturated carbocycles. The molecule has 1 aliphatic heterocycles. The summed E-state index contributed by atoms with van der Waals surface area (Å²) in [5.41, 5.74) is -1.73. The molecule has 7 unspecified atom stereocenters. The minimum absolute atomic E-state index is 0.0397. The molecule has 0 aromatic heterocycles. The van der Waals surface area contributed by atoms with E-state index >= 15 is 0 Å². The predicted octanol–water partition coefficient (Wildman–Crippen LogP) is 2.84. The van der Waals surface area contributed by atoms with Crippen LogP contribution in [0.2, 0.25) is 5.82 Å². The van der Waals surface area contributed by atoms with E-state index in [1.165, 1.54) is 6.92 Å². The van der Waals surface area contributed by atoms with Gasteiger partial charge in [0.15, 0.2) is 11.9 Å². The Hall–Kier alpha value is -2.29. The number of aliphatic hydroxyl groups is 2. The van der Waals surface area contributed by atoms with Crippen molar-refractivity contribution in [3.05, 3.63) is 47.0 Å². The Bertz CT molecular complexity index is 1160. The minimum Gasteiger partial charge on any atom is -0.450 e. The van der Waals surface area contributed by atoms with Gasteiger partial charge in [0.25, 0.3) is 0 Å². The van der Waals surface area contributed by atoms with Crippen LogP contribution in [0.5, 0.6) is 0 Å². The molecular weight excluding hydrogens is 471 g/mol. The summed E-state index contributed by atoms with van der Waals surface area (Å²) in [7, 11) is 0.0397. The molecule has 5 rings (SSSR count). The van der Waals surface area contributed by atoms with Crippen LogP contribution in [0.25, 0.3) is 0 Å². The fourth-order valence-corrected chi connectivity index (χ4v) is 8.12. The molecule has 8 heteroatoms. The monoisotopic (exact) mass is 508 g/mol. The number of aliphatic hydroxyl groups excluding tert-OH is 1. The maximum Gasteiger partial charge on any atom is 0.303 e. The zero-order valence-corrected chi connectivity index (χ0v) is 22.3. The summed E-state index contributed by atoms with van der Waals surface area (Å²) in [6.07, 6.45) is -1.30. The van der Waals surface area contributed by atoms with E-state index in [2.05, 4.69) is 0 Å². The van der Waals surface area contributed by atoms with E-state index in [1.807, 2.05) is 39.0 Å². The largest absolute Gasteiger partial charge is 0.450 e. The Morgan fingerprint density at radius 1 is 1.16 bits per heavy atom. The Kier molecular flexibility index (Phi) is 6.32. The van der Waals surface area contributed by atoms with E-state index in [1.54, 1.807) is 19.1 Å². The number of allylic oxidation sites excluding steroid dienone is 1. The molecule has 4 aliphatic rings. The SMILES string of the molecule is CC(=O)OC1C(=O)C2(C)C(O)CC3OCC3C2[C@H](BC(=O)c2ccccc2)C2(O)CCC(C)=C1C2(C)C. The van der Waals surface area contributed by atoms with Crippen LogP contribution in [0, 0.1) is 22.7 Å². The van der Waals surface area contributed by atoms with Crippen molar-refractivity contribution in [1.82, 2.24) is 0 Å². The summed E-state index contributed by atoms with van der Waals surface area (Å²) in [5, 5.41) is 24.3. The number of carbonyl (C=O) groups is 3. The van der Waals surface area contributed by atoms with Crippen molar-refractivity contribution >= 4 is 24.7 Å². The van der Waals surface area contributed by atoms with Crippen molar-refractivity contribution in [3.63, 3.8) is 0 Å². The third-order valence-electron chi connectivity index (χ3n) is 10.2. The van der Waals surface area contributed by atoms with E-state index in [0.717, 1.165) is 5.57 Å². The van der Waals surface area contributed by atoms with Gasteiger partial charge in [-0.15, -0.1) is 0 Å². The zero-order valence-electron chi connectivity index (χ0n) is 22.3.